The lowest BCUT2D eigenvalue weighted by Gasteiger charge is -1.88. The van der Waals surface area contributed by atoms with Crippen LogP contribution >= 0.6 is 25.8 Å². The molecule has 0 bridgehead atoms. The molecule has 0 atom stereocenters. The van der Waals surface area contributed by atoms with E-state index in [0.29, 0.717) is 0 Å². The normalized spacial score (nSPS) is 10.1. The molecule has 9 nitrogen and oxygen atoms in total. The molecule has 0 aromatic heterocycles. The van der Waals surface area contributed by atoms with E-state index in [1.54, 1.807) is 0 Å². The second kappa shape index (κ2) is 8.60. The van der Waals surface area contributed by atoms with Gasteiger partial charge in [0.25, 0.3) is 0 Å². The van der Waals surface area contributed by atoms with Crippen molar-refractivity contribution in [3.63, 3.8) is 0 Å². The minimum absolute atomic E-state index is 1.33. The summed E-state index contributed by atoms with van der Waals surface area (Å²) in [4.78, 5) is 46.4. The Balaban J connectivity index is -0.000000131. The van der Waals surface area contributed by atoms with Gasteiger partial charge in [-0.05, 0) is 11.8 Å². The Kier molecular flexibility index (Phi) is 12.2. The van der Waals surface area contributed by atoms with E-state index >= 15 is 0 Å². The van der Waals surface area contributed by atoms with Gasteiger partial charge < -0.3 is 35.3 Å². The molecule has 0 radical (unpaired) electrons. The maximum Gasteiger partial charge on any atom is 0.402 e. The highest BCUT2D eigenvalue weighted by molar-refractivity contribution is 8.43. The van der Waals surface area contributed by atoms with Crippen LogP contribution in [0, 0.1) is 0 Å². The molecule has 88 valence electrons. The molecule has 0 aliphatic carbocycles. The van der Waals surface area contributed by atoms with Crippen molar-refractivity contribution in [1.82, 2.24) is 0 Å². The lowest BCUT2D eigenvalue weighted by atomic mass is 11.3. The van der Waals surface area contributed by atoms with Gasteiger partial charge in [0.15, 0.2) is 0 Å². The molecule has 13 heteroatoms. The third-order valence-electron chi connectivity index (χ3n) is 0. The van der Waals surface area contributed by atoms with Crippen LogP contribution in [0.5, 0.6) is 0 Å². The van der Waals surface area contributed by atoms with Crippen molar-refractivity contribution in [2.75, 3.05) is 0 Å². The summed E-state index contributed by atoms with van der Waals surface area (Å²) >= 11 is 6.39. The second-order valence-corrected chi connectivity index (χ2v) is 6.45. The number of nitrogens with two attached hydrogens (primary N) is 1. The van der Waals surface area contributed by atoms with Crippen LogP contribution in [0.4, 0.5) is 4.79 Å². The predicted molar refractivity (Wildman–Crippen MR) is 54.2 cm³/mol. The van der Waals surface area contributed by atoms with Crippen molar-refractivity contribution in [1.29, 1.82) is 0 Å². The molecule has 0 fully saturated rings. The average molecular weight is 289 g/mol. The molecule has 1 amide bonds. The molecule has 0 aromatic carbocycles. The second-order valence-electron chi connectivity index (χ2n) is 1.36. The molecule has 0 saturated heterocycles. The van der Waals surface area contributed by atoms with Crippen LogP contribution in [0.15, 0.2) is 0 Å². The van der Waals surface area contributed by atoms with E-state index in [9.17, 15) is 4.57 Å². The summed E-state index contributed by atoms with van der Waals surface area (Å²) in [5.74, 6) is 0. The number of carboxylic acid groups (broad SMARTS) is 1. The van der Waals surface area contributed by atoms with Crippen molar-refractivity contribution in [3.8, 4) is 0 Å². The number of hydrogen-bond acceptors (Lipinski definition) is 3. The standard InChI is InChI=1S/CH3NO2.2H3O3PS/c2-1(3)4;2*1-4(2,3)5/h2H2,(H,3,4);2*(H3,1,2,3,5). The Morgan fingerprint density at radius 1 is 1.21 bits per heavy atom. The van der Waals surface area contributed by atoms with Crippen molar-refractivity contribution >= 4 is 43.7 Å². The van der Waals surface area contributed by atoms with Crippen molar-refractivity contribution in [3.05, 3.63) is 0 Å². The Hall–Kier alpha value is 0.300. The lowest BCUT2D eigenvalue weighted by molar-refractivity contribution is 0.205. The van der Waals surface area contributed by atoms with Gasteiger partial charge >= 0.3 is 19.6 Å². The van der Waals surface area contributed by atoms with Gasteiger partial charge in [-0.1, -0.05) is 12.2 Å². The molecule has 0 unspecified atom stereocenters. The number of thiol groups is 1. The van der Waals surface area contributed by atoms with E-state index in [1.807, 2.05) is 0 Å². The molecule has 0 heterocycles. The molecule has 0 aromatic rings. The topological polar surface area (TPSA) is 182 Å². The van der Waals surface area contributed by atoms with Gasteiger partial charge in [0.05, 0.1) is 0 Å². The van der Waals surface area contributed by atoms with Gasteiger partial charge in [-0.3, -0.25) is 0 Å². The first kappa shape index (κ1) is 19.8. The van der Waals surface area contributed by atoms with Crippen LogP contribution in [0.25, 0.3) is 0 Å². The summed E-state index contributed by atoms with van der Waals surface area (Å²) in [6, 6.07) is 0. The summed E-state index contributed by atoms with van der Waals surface area (Å²) in [6.07, 6.45) is -1.33. The molecule has 8 N–H and O–H groups in total. The quantitative estimate of drug-likeness (QED) is 0.201. The zero-order chi connectivity index (χ0) is 12.6. The first-order chi connectivity index (χ1) is 5.73. The van der Waals surface area contributed by atoms with Gasteiger partial charge in [0.2, 0.25) is 0 Å². The van der Waals surface area contributed by atoms with Gasteiger partial charge in [-0.15, -0.1) is 0 Å². The third-order valence-corrected chi connectivity index (χ3v) is 0. The third kappa shape index (κ3) is 17500. The summed E-state index contributed by atoms with van der Waals surface area (Å²) in [5.41, 5.74) is 4.03. The fraction of sp³-hybridized carbons (Fsp3) is 0. The van der Waals surface area contributed by atoms with Crippen LogP contribution < -0.4 is 5.73 Å². The highest BCUT2D eigenvalue weighted by atomic mass is 32.7. The van der Waals surface area contributed by atoms with Gasteiger partial charge in [0, 0.05) is 0 Å². The molecular formula is CH9NO8P2S2. The predicted octanol–water partition coefficient (Wildman–Crippen LogP) is -1.18. The summed E-state index contributed by atoms with van der Waals surface area (Å²) in [6.45, 7) is -7.75. The zero-order valence-electron chi connectivity index (χ0n) is 6.33. The van der Waals surface area contributed by atoms with Crippen molar-refractivity contribution in [2.24, 2.45) is 5.73 Å². The molecule has 0 rings (SSSR count). The van der Waals surface area contributed by atoms with Crippen molar-refractivity contribution in [2.45, 2.75) is 0 Å². The minimum atomic E-state index is -3.94. The van der Waals surface area contributed by atoms with Gasteiger partial charge in [-0.25, -0.2) is 9.36 Å². The molecule has 0 aliphatic heterocycles. The number of amides is 1. The Bertz CT molecular complexity index is 201. The number of carbonyl (C=O) groups is 1. The first-order valence-corrected chi connectivity index (χ1v) is 7.71. The van der Waals surface area contributed by atoms with E-state index in [1.165, 1.54) is 0 Å². The monoisotopic (exact) mass is 289 g/mol. The number of hydrogen-bond donors (Lipinski definition) is 8. The van der Waals surface area contributed by atoms with Crippen LogP contribution in [0.1, 0.15) is 0 Å². The van der Waals surface area contributed by atoms with Gasteiger partial charge in [-0.2, -0.15) is 0 Å². The fourth-order valence-electron chi connectivity index (χ4n) is 0. The Morgan fingerprint density at radius 2 is 1.21 bits per heavy atom. The smallest absolute Gasteiger partial charge is 0.402 e. The largest absolute Gasteiger partial charge is 0.465 e. The zero-order valence-corrected chi connectivity index (χ0v) is 9.83. The highest BCUT2D eigenvalue weighted by Crippen LogP contribution is 2.39. The minimum Gasteiger partial charge on any atom is -0.465 e. The van der Waals surface area contributed by atoms with E-state index < -0.39 is 19.6 Å². The SMILES string of the molecule is NC(=O)O.O=P(O)(O)S.OP(O)(O)=S. The number of primary amides is 1. The van der Waals surface area contributed by atoms with E-state index in [4.69, 9.17) is 34.4 Å². The number of rotatable bonds is 0. The Morgan fingerprint density at radius 3 is 1.21 bits per heavy atom. The first-order valence-electron chi connectivity index (χ1n) is 2.28. The summed E-state index contributed by atoms with van der Waals surface area (Å²) < 4.78 is 9.19. The van der Waals surface area contributed by atoms with Crippen LogP contribution in [-0.2, 0) is 16.4 Å². The molecule has 14 heavy (non-hydrogen) atoms. The van der Waals surface area contributed by atoms with Gasteiger partial charge in [0.1, 0.15) is 0 Å². The fourth-order valence-corrected chi connectivity index (χ4v) is 0. The molecule has 0 aliphatic rings. The highest BCUT2D eigenvalue weighted by Gasteiger charge is 1.97. The van der Waals surface area contributed by atoms with Crippen LogP contribution in [-0.4, -0.2) is 35.7 Å². The maximum absolute atomic E-state index is 9.19. The van der Waals surface area contributed by atoms with Crippen LogP contribution in [0.3, 0.4) is 0 Å². The molecular weight excluding hydrogens is 280 g/mol. The maximum atomic E-state index is 9.19. The summed E-state index contributed by atoms with van der Waals surface area (Å²) in [5, 5.41) is 7.19. The lowest BCUT2D eigenvalue weighted by Crippen LogP contribution is -2.03. The average Bonchev–Trinajstić information content (AvgIpc) is 1.45. The Labute approximate surface area is 88.8 Å². The van der Waals surface area contributed by atoms with E-state index in [0.717, 1.165) is 0 Å². The molecule has 0 saturated carbocycles. The molecule has 0 spiro atoms. The van der Waals surface area contributed by atoms with E-state index in [2.05, 4.69) is 29.8 Å². The van der Waals surface area contributed by atoms with Crippen molar-refractivity contribution < 1.29 is 38.9 Å². The van der Waals surface area contributed by atoms with E-state index in [-0.39, 0.29) is 0 Å². The summed E-state index contributed by atoms with van der Waals surface area (Å²) in [7, 11) is 0. The van der Waals surface area contributed by atoms with Crippen LogP contribution in [0.2, 0.25) is 0 Å².